The Morgan fingerprint density at radius 3 is 2.48 bits per heavy atom. The van der Waals surface area contributed by atoms with Crippen molar-refractivity contribution in [2.24, 2.45) is 5.92 Å². The molecule has 2 heterocycles. The van der Waals surface area contributed by atoms with E-state index in [4.69, 9.17) is 0 Å². The summed E-state index contributed by atoms with van der Waals surface area (Å²) in [6.45, 7) is 4.59. The summed E-state index contributed by atoms with van der Waals surface area (Å²) < 4.78 is 26.7. The zero-order valence-corrected chi connectivity index (χ0v) is 19.1. The van der Waals surface area contributed by atoms with E-state index < -0.39 is 15.9 Å². The second-order valence-electron chi connectivity index (χ2n) is 7.70. The smallest absolute Gasteiger partial charge is 0.243 e. The molecule has 2 fully saturated rings. The van der Waals surface area contributed by atoms with Crippen molar-refractivity contribution >= 4 is 44.0 Å². The number of hydrogen-bond acceptors (Lipinski definition) is 7. The average molecular weight is 464 g/mol. The van der Waals surface area contributed by atoms with Crippen LogP contribution >= 0.6 is 11.3 Å². The maximum atomic E-state index is 12.6. The first-order valence-corrected chi connectivity index (χ1v) is 12.6. The number of rotatable bonds is 8. The first-order chi connectivity index (χ1) is 14.8. The molecule has 4 rings (SSSR count). The third kappa shape index (κ3) is 4.48. The van der Waals surface area contributed by atoms with Crippen molar-refractivity contribution in [3.63, 3.8) is 0 Å². The van der Waals surface area contributed by atoms with Gasteiger partial charge >= 0.3 is 0 Å². The van der Waals surface area contributed by atoms with Crippen LogP contribution in [0, 0.1) is 5.92 Å². The first-order valence-electron chi connectivity index (χ1n) is 10.4. The fourth-order valence-electron chi connectivity index (χ4n) is 3.63. The van der Waals surface area contributed by atoms with E-state index in [1.54, 1.807) is 26.0 Å². The standard InChI is InChI=1S/C20H25N5O4S2/c1-3-24(4-2)31(28,29)16-9-7-15(8-10-16)25-12-14(11-17(25)26)18(27)21-20-23-22-19(30-20)13-5-6-13/h7-10,13-14H,3-6,11-12H2,1-2H3,(H,21,23,27). The number of nitrogens with one attached hydrogen (secondary N) is 1. The summed E-state index contributed by atoms with van der Waals surface area (Å²) in [6.07, 6.45) is 2.33. The van der Waals surface area contributed by atoms with Crippen molar-refractivity contribution in [1.82, 2.24) is 14.5 Å². The predicted octanol–water partition coefficient (Wildman–Crippen LogP) is 2.44. The van der Waals surface area contributed by atoms with Crippen LogP contribution in [0.15, 0.2) is 29.2 Å². The SMILES string of the molecule is CCN(CC)S(=O)(=O)c1ccc(N2CC(C(=O)Nc3nnc(C4CC4)s3)CC2=O)cc1. The zero-order chi connectivity index (χ0) is 22.2. The number of sulfonamides is 1. The van der Waals surface area contributed by atoms with Crippen molar-refractivity contribution in [1.29, 1.82) is 0 Å². The molecule has 1 aliphatic carbocycles. The normalized spacial score (nSPS) is 19.3. The molecule has 31 heavy (non-hydrogen) atoms. The molecule has 0 spiro atoms. The summed E-state index contributed by atoms with van der Waals surface area (Å²) in [6, 6.07) is 6.23. The molecule has 2 aliphatic rings. The highest BCUT2D eigenvalue weighted by atomic mass is 32.2. The van der Waals surface area contributed by atoms with Gasteiger partial charge < -0.3 is 10.2 Å². The van der Waals surface area contributed by atoms with Crippen molar-refractivity contribution in [3.05, 3.63) is 29.3 Å². The van der Waals surface area contributed by atoms with Crippen LogP contribution in [-0.2, 0) is 19.6 Å². The van der Waals surface area contributed by atoms with Gasteiger partial charge in [0, 0.05) is 37.7 Å². The summed E-state index contributed by atoms with van der Waals surface area (Å²) in [4.78, 5) is 26.8. The van der Waals surface area contributed by atoms with Gasteiger partial charge in [0.15, 0.2) is 0 Å². The van der Waals surface area contributed by atoms with E-state index in [9.17, 15) is 18.0 Å². The molecule has 1 saturated heterocycles. The van der Waals surface area contributed by atoms with Gasteiger partial charge in [-0.15, -0.1) is 10.2 Å². The van der Waals surface area contributed by atoms with Crippen molar-refractivity contribution in [2.45, 2.75) is 43.9 Å². The molecular weight excluding hydrogens is 438 g/mol. The van der Waals surface area contributed by atoms with Crippen LogP contribution in [-0.4, -0.2) is 54.4 Å². The Morgan fingerprint density at radius 1 is 1.19 bits per heavy atom. The molecule has 0 bridgehead atoms. The molecular formula is C20H25N5O4S2. The highest BCUT2D eigenvalue weighted by Crippen LogP contribution is 2.42. The Labute approximate surface area is 185 Å². The lowest BCUT2D eigenvalue weighted by Crippen LogP contribution is -2.31. The van der Waals surface area contributed by atoms with Gasteiger partial charge in [-0.05, 0) is 37.1 Å². The van der Waals surface area contributed by atoms with E-state index in [1.807, 2.05) is 0 Å². The van der Waals surface area contributed by atoms with Gasteiger partial charge in [0.2, 0.25) is 27.0 Å². The highest BCUT2D eigenvalue weighted by Gasteiger charge is 2.36. The number of amides is 2. The maximum Gasteiger partial charge on any atom is 0.243 e. The molecule has 1 aromatic heterocycles. The minimum absolute atomic E-state index is 0.0968. The predicted molar refractivity (Wildman–Crippen MR) is 118 cm³/mol. The van der Waals surface area contributed by atoms with Crippen molar-refractivity contribution in [3.8, 4) is 0 Å². The van der Waals surface area contributed by atoms with Crippen LogP contribution in [0.4, 0.5) is 10.8 Å². The molecule has 1 aliphatic heterocycles. The second-order valence-corrected chi connectivity index (χ2v) is 10.6. The van der Waals surface area contributed by atoms with E-state index >= 15 is 0 Å². The topological polar surface area (TPSA) is 113 Å². The van der Waals surface area contributed by atoms with Crippen LogP contribution in [0.3, 0.4) is 0 Å². The number of nitrogens with zero attached hydrogens (tertiary/aromatic N) is 4. The fraction of sp³-hybridized carbons (Fsp3) is 0.500. The minimum atomic E-state index is -3.56. The molecule has 1 aromatic carbocycles. The van der Waals surface area contributed by atoms with E-state index in [1.165, 1.54) is 32.7 Å². The lowest BCUT2D eigenvalue weighted by molar-refractivity contribution is -0.122. The van der Waals surface area contributed by atoms with Gasteiger partial charge in [0.05, 0.1) is 10.8 Å². The molecule has 1 unspecified atom stereocenters. The van der Waals surface area contributed by atoms with Gasteiger partial charge in [0.25, 0.3) is 0 Å². The third-order valence-electron chi connectivity index (χ3n) is 5.58. The van der Waals surface area contributed by atoms with Crippen LogP contribution in [0.2, 0.25) is 0 Å². The zero-order valence-electron chi connectivity index (χ0n) is 17.4. The summed E-state index contributed by atoms with van der Waals surface area (Å²) in [7, 11) is -3.56. The monoisotopic (exact) mass is 463 g/mol. The van der Waals surface area contributed by atoms with E-state index in [-0.39, 0.29) is 29.7 Å². The minimum Gasteiger partial charge on any atom is -0.312 e. The summed E-state index contributed by atoms with van der Waals surface area (Å²) in [5.74, 6) is -0.453. The Kier molecular flexibility index (Phi) is 6.09. The molecule has 0 radical (unpaired) electrons. The number of benzene rings is 1. The molecule has 1 atom stereocenters. The number of carbonyl (C=O) groups is 2. The molecule has 2 amide bonds. The fourth-order valence-corrected chi connectivity index (χ4v) is 6.00. The highest BCUT2D eigenvalue weighted by molar-refractivity contribution is 7.89. The van der Waals surface area contributed by atoms with Gasteiger partial charge in [0.1, 0.15) is 5.01 Å². The lowest BCUT2D eigenvalue weighted by Gasteiger charge is -2.20. The van der Waals surface area contributed by atoms with E-state index in [2.05, 4.69) is 15.5 Å². The second kappa shape index (κ2) is 8.64. The Balaban J connectivity index is 1.42. The quantitative estimate of drug-likeness (QED) is 0.643. The largest absolute Gasteiger partial charge is 0.312 e. The molecule has 1 N–H and O–H groups in total. The summed E-state index contributed by atoms with van der Waals surface area (Å²) in [5.41, 5.74) is 0.575. The number of hydrogen-bond donors (Lipinski definition) is 1. The van der Waals surface area contributed by atoms with Crippen LogP contribution in [0.5, 0.6) is 0 Å². The van der Waals surface area contributed by atoms with Gasteiger partial charge in [-0.3, -0.25) is 9.59 Å². The Bertz CT molecular complexity index is 1080. The number of carbonyl (C=O) groups excluding carboxylic acids is 2. The maximum absolute atomic E-state index is 12.6. The summed E-state index contributed by atoms with van der Waals surface area (Å²) >= 11 is 1.38. The molecule has 11 heteroatoms. The van der Waals surface area contributed by atoms with Crippen molar-refractivity contribution in [2.75, 3.05) is 29.9 Å². The molecule has 1 saturated carbocycles. The Hall–Kier alpha value is -2.37. The van der Waals surface area contributed by atoms with Crippen LogP contribution in [0.1, 0.15) is 44.0 Å². The summed E-state index contributed by atoms with van der Waals surface area (Å²) in [5, 5.41) is 12.3. The van der Waals surface area contributed by atoms with Crippen LogP contribution < -0.4 is 10.2 Å². The van der Waals surface area contributed by atoms with E-state index in [0.717, 1.165) is 17.8 Å². The van der Waals surface area contributed by atoms with Gasteiger partial charge in [-0.25, -0.2) is 8.42 Å². The third-order valence-corrected chi connectivity index (χ3v) is 8.65. The van der Waals surface area contributed by atoms with E-state index in [0.29, 0.717) is 29.8 Å². The van der Waals surface area contributed by atoms with Crippen molar-refractivity contribution < 1.29 is 18.0 Å². The molecule has 166 valence electrons. The van der Waals surface area contributed by atoms with Crippen LogP contribution in [0.25, 0.3) is 0 Å². The van der Waals surface area contributed by atoms with Gasteiger partial charge in [-0.2, -0.15) is 4.31 Å². The number of aromatic nitrogens is 2. The first kappa shape index (κ1) is 21.8. The molecule has 2 aromatic rings. The Morgan fingerprint density at radius 2 is 1.87 bits per heavy atom. The molecule has 9 nitrogen and oxygen atoms in total. The number of anilines is 2. The average Bonchev–Trinajstić information content (AvgIpc) is 3.38. The van der Waals surface area contributed by atoms with Gasteiger partial charge in [-0.1, -0.05) is 25.2 Å². The lowest BCUT2D eigenvalue weighted by atomic mass is 10.1.